The number of benzene rings is 2. The molecule has 0 fully saturated rings. The van der Waals surface area contributed by atoms with E-state index < -0.39 is 0 Å². The molecule has 1 aromatic heterocycles. The van der Waals surface area contributed by atoms with Crippen LogP contribution in [-0.4, -0.2) is 23.1 Å². The number of allylic oxidation sites excluding steroid dienone is 1. The van der Waals surface area contributed by atoms with Gasteiger partial charge in [-0.05, 0) is 77.2 Å². The molecule has 4 nitrogen and oxygen atoms in total. The molecule has 0 unspecified atom stereocenters. The monoisotopic (exact) mass is 430 g/mol. The number of H-pyrrole nitrogens is 1. The van der Waals surface area contributed by atoms with Crippen molar-refractivity contribution in [2.75, 3.05) is 7.11 Å². The number of carbonyl (C=O) groups is 1. The molecule has 0 atom stereocenters. The minimum absolute atomic E-state index is 0.0352. The van der Waals surface area contributed by atoms with Crippen molar-refractivity contribution in [3.8, 4) is 17.0 Å². The van der Waals surface area contributed by atoms with Crippen molar-refractivity contribution in [2.24, 2.45) is 0 Å². The first-order valence-corrected chi connectivity index (χ1v) is 8.41. The number of aromatic amines is 1. The first-order chi connectivity index (χ1) is 11.7. The van der Waals surface area contributed by atoms with Crippen LogP contribution in [0.15, 0.2) is 60.7 Å². The van der Waals surface area contributed by atoms with Gasteiger partial charge in [-0.15, -0.1) is 0 Å². The Morgan fingerprint density at radius 3 is 2.50 bits per heavy atom. The number of ether oxygens (including phenoxy) is 1. The van der Waals surface area contributed by atoms with Crippen LogP contribution in [0.1, 0.15) is 16.1 Å². The molecule has 0 saturated heterocycles. The van der Waals surface area contributed by atoms with E-state index in [2.05, 4.69) is 32.8 Å². The zero-order valence-corrected chi connectivity index (χ0v) is 15.2. The van der Waals surface area contributed by atoms with E-state index >= 15 is 0 Å². The Morgan fingerprint density at radius 1 is 1.12 bits per heavy atom. The number of nitrogens with one attached hydrogen (secondary N) is 1. The van der Waals surface area contributed by atoms with Crippen molar-refractivity contribution in [1.29, 1.82) is 0 Å². The number of rotatable bonds is 5. The first kappa shape index (κ1) is 16.4. The summed E-state index contributed by atoms with van der Waals surface area (Å²) in [5, 5.41) is 7.20. The van der Waals surface area contributed by atoms with Crippen LogP contribution in [-0.2, 0) is 0 Å². The molecular formula is C19H15IN2O2. The molecule has 0 aliphatic heterocycles. The summed E-state index contributed by atoms with van der Waals surface area (Å²) in [6.45, 7) is 0. The average Bonchev–Trinajstić information content (AvgIpc) is 3.09. The second-order valence-electron chi connectivity index (χ2n) is 5.14. The Morgan fingerprint density at radius 2 is 1.83 bits per heavy atom. The van der Waals surface area contributed by atoms with E-state index in [1.54, 1.807) is 19.3 Å². The fraction of sp³-hybridized carbons (Fsp3) is 0.0526. The molecule has 0 amide bonds. The zero-order valence-electron chi connectivity index (χ0n) is 13.0. The van der Waals surface area contributed by atoms with E-state index in [-0.39, 0.29) is 5.78 Å². The maximum Gasteiger partial charge on any atom is 0.185 e. The summed E-state index contributed by atoms with van der Waals surface area (Å²) in [6, 6.07) is 17.0. The lowest BCUT2D eigenvalue weighted by atomic mass is 10.1. The topological polar surface area (TPSA) is 55.0 Å². The molecule has 24 heavy (non-hydrogen) atoms. The summed E-state index contributed by atoms with van der Waals surface area (Å²) in [5.74, 6) is 0.768. The van der Waals surface area contributed by atoms with Gasteiger partial charge in [0.1, 0.15) is 5.75 Å². The predicted octanol–water partition coefficient (Wildman–Crippen LogP) is 4.59. The van der Waals surface area contributed by atoms with Gasteiger partial charge in [0.05, 0.1) is 18.5 Å². The largest absolute Gasteiger partial charge is 0.497 e. The molecule has 0 saturated carbocycles. The number of hydrogen-bond acceptors (Lipinski definition) is 3. The van der Waals surface area contributed by atoms with Crippen LogP contribution in [0.2, 0.25) is 0 Å². The van der Waals surface area contributed by atoms with Gasteiger partial charge in [0.15, 0.2) is 5.78 Å². The number of nitrogens with zero attached hydrogens (tertiary/aromatic N) is 1. The van der Waals surface area contributed by atoms with Gasteiger partial charge in [-0.1, -0.05) is 12.1 Å². The highest BCUT2D eigenvalue weighted by Gasteiger charge is 2.04. The molecule has 0 spiro atoms. The maximum atomic E-state index is 12.1. The number of aromatic nitrogens is 2. The van der Waals surface area contributed by atoms with Gasteiger partial charge in [0.25, 0.3) is 0 Å². The first-order valence-electron chi connectivity index (χ1n) is 7.33. The second-order valence-corrected chi connectivity index (χ2v) is 6.39. The summed E-state index contributed by atoms with van der Waals surface area (Å²) in [4.78, 5) is 12.1. The fourth-order valence-electron chi connectivity index (χ4n) is 2.21. The third kappa shape index (κ3) is 3.91. The molecule has 3 aromatic rings. The van der Waals surface area contributed by atoms with E-state index in [0.29, 0.717) is 5.56 Å². The third-order valence-electron chi connectivity index (χ3n) is 3.53. The lowest BCUT2D eigenvalue weighted by Crippen LogP contribution is -1.93. The van der Waals surface area contributed by atoms with Gasteiger partial charge in [-0.25, -0.2) is 0 Å². The summed E-state index contributed by atoms with van der Waals surface area (Å²) < 4.78 is 6.25. The van der Waals surface area contributed by atoms with Crippen LogP contribution in [0.3, 0.4) is 0 Å². The number of halogens is 1. The van der Waals surface area contributed by atoms with E-state index in [1.807, 2.05) is 54.6 Å². The highest BCUT2D eigenvalue weighted by Crippen LogP contribution is 2.21. The highest BCUT2D eigenvalue weighted by atomic mass is 127. The Bertz CT molecular complexity index is 865. The Hall–Kier alpha value is -2.41. The van der Waals surface area contributed by atoms with Gasteiger partial charge in [-0.2, -0.15) is 5.10 Å². The summed E-state index contributed by atoms with van der Waals surface area (Å²) in [6.07, 6.45) is 3.29. The molecular weight excluding hydrogens is 415 g/mol. The fourth-order valence-corrected chi connectivity index (χ4v) is 2.57. The van der Waals surface area contributed by atoms with Crippen LogP contribution >= 0.6 is 22.6 Å². The Labute approximate surface area is 153 Å². The predicted molar refractivity (Wildman–Crippen MR) is 103 cm³/mol. The number of hydrogen-bond donors (Lipinski definition) is 1. The standard InChI is InChI=1S/C19H15IN2O2/c1-24-17-9-4-13(5-10-17)18-12-16(21-22-18)8-11-19(23)14-2-6-15(20)7-3-14/h2-12H,1H3,(H,21,22)/b11-8+. The number of carbonyl (C=O) groups excluding carboxylic acids is 1. The quantitative estimate of drug-likeness (QED) is 0.366. The number of methoxy groups -OCH3 is 1. The van der Waals surface area contributed by atoms with Crippen molar-refractivity contribution in [2.45, 2.75) is 0 Å². The van der Waals surface area contributed by atoms with Gasteiger partial charge in [0, 0.05) is 14.7 Å². The summed E-state index contributed by atoms with van der Waals surface area (Å²) in [5.41, 5.74) is 3.25. The highest BCUT2D eigenvalue weighted by molar-refractivity contribution is 14.1. The zero-order chi connectivity index (χ0) is 16.9. The van der Waals surface area contributed by atoms with E-state index in [1.165, 1.54) is 0 Å². The molecule has 0 bridgehead atoms. The van der Waals surface area contributed by atoms with Gasteiger partial charge in [-0.3, -0.25) is 9.89 Å². The van der Waals surface area contributed by atoms with Gasteiger partial charge >= 0.3 is 0 Å². The summed E-state index contributed by atoms with van der Waals surface area (Å²) >= 11 is 2.21. The molecule has 2 aromatic carbocycles. The molecule has 0 aliphatic carbocycles. The SMILES string of the molecule is COc1ccc(-c2cc(/C=C/C(=O)c3ccc(I)cc3)[nH]n2)cc1. The second kappa shape index (κ2) is 7.44. The van der Waals surface area contributed by atoms with Crippen LogP contribution in [0.4, 0.5) is 0 Å². The lowest BCUT2D eigenvalue weighted by molar-refractivity contribution is 0.104. The molecule has 1 N–H and O–H groups in total. The van der Waals surface area contributed by atoms with Crippen molar-refractivity contribution in [3.05, 3.63) is 75.5 Å². The lowest BCUT2D eigenvalue weighted by Gasteiger charge is -1.99. The van der Waals surface area contributed by atoms with Gasteiger partial charge in [0.2, 0.25) is 0 Å². The minimum Gasteiger partial charge on any atom is -0.497 e. The van der Waals surface area contributed by atoms with Crippen molar-refractivity contribution < 1.29 is 9.53 Å². The molecule has 5 heteroatoms. The van der Waals surface area contributed by atoms with E-state index in [4.69, 9.17) is 4.74 Å². The van der Waals surface area contributed by atoms with E-state index in [0.717, 1.165) is 26.3 Å². The Balaban J connectivity index is 1.73. The molecule has 0 radical (unpaired) electrons. The van der Waals surface area contributed by atoms with Gasteiger partial charge < -0.3 is 4.74 Å². The summed E-state index contributed by atoms with van der Waals surface area (Å²) in [7, 11) is 1.64. The third-order valence-corrected chi connectivity index (χ3v) is 4.25. The van der Waals surface area contributed by atoms with E-state index in [9.17, 15) is 4.79 Å². The molecule has 1 heterocycles. The molecule has 3 rings (SSSR count). The normalized spacial score (nSPS) is 10.9. The van der Waals surface area contributed by atoms with Crippen LogP contribution in [0.5, 0.6) is 5.75 Å². The minimum atomic E-state index is -0.0352. The van der Waals surface area contributed by atoms with Crippen molar-refractivity contribution in [1.82, 2.24) is 10.2 Å². The van der Waals surface area contributed by atoms with Crippen LogP contribution in [0.25, 0.3) is 17.3 Å². The van der Waals surface area contributed by atoms with Crippen molar-refractivity contribution >= 4 is 34.5 Å². The molecule has 120 valence electrons. The van der Waals surface area contributed by atoms with Crippen LogP contribution in [0, 0.1) is 3.57 Å². The van der Waals surface area contributed by atoms with Crippen molar-refractivity contribution in [3.63, 3.8) is 0 Å². The van der Waals surface area contributed by atoms with Crippen LogP contribution < -0.4 is 4.74 Å². The Kier molecular flexibility index (Phi) is 5.10. The maximum absolute atomic E-state index is 12.1. The number of ketones is 1. The smallest absolute Gasteiger partial charge is 0.185 e. The average molecular weight is 430 g/mol. The molecule has 0 aliphatic rings.